The first-order chi connectivity index (χ1) is 8.20. The maximum absolute atomic E-state index is 5.32. The molecule has 0 fully saturated rings. The van der Waals surface area contributed by atoms with Gasteiger partial charge in [-0.2, -0.15) is 0 Å². The van der Waals surface area contributed by atoms with Crippen LogP contribution in [0.25, 0.3) is 0 Å². The van der Waals surface area contributed by atoms with E-state index >= 15 is 0 Å². The number of rotatable bonds is 4. The van der Waals surface area contributed by atoms with Crippen molar-refractivity contribution in [2.45, 2.75) is 6.54 Å². The first kappa shape index (κ1) is 12.3. The van der Waals surface area contributed by atoms with E-state index in [9.17, 15) is 0 Å². The fourth-order valence-corrected chi connectivity index (χ4v) is 2.56. The molecule has 0 aliphatic carbocycles. The number of nitrogens with zero attached hydrogens (tertiary/aromatic N) is 3. The Hall–Kier alpha value is -1.14. The maximum Gasteiger partial charge on any atom is 0.209 e. The second-order valence-corrected chi connectivity index (χ2v) is 5.74. The van der Waals surface area contributed by atoms with E-state index in [1.807, 2.05) is 36.2 Å². The van der Waals surface area contributed by atoms with Crippen LogP contribution in [-0.2, 0) is 6.54 Å². The van der Waals surface area contributed by atoms with E-state index in [1.165, 1.54) is 11.3 Å². The number of hydrogen-bond donors (Lipinski definition) is 0. The van der Waals surface area contributed by atoms with E-state index in [-0.39, 0.29) is 0 Å². The van der Waals surface area contributed by atoms with Gasteiger partial charge in [0.2, 0.25) is 5.13 Å². The molecule has 0 spiro atoms. The standard InChI is InChI=1S/C11H12BrN3OS/c1-15(11-14-13-10(12)17-11)7-8-5-3-4-6-9(8)16-2/h3-6H,7H2,1-2H3. The Morgan fingerprint density at radius 1 is 1.35 bits per heavy atom. The molecular weight excluding hydrogens is 302 g/mol. The molecule has 0 saturated heterocycles. The van der Waals surface area contributed by atoms with Crippen molar-refractivity contribution in [3.63, 3.8) is 0 Å². The lowest BCUT2D eigenvalue weighted by atomic mass is 10.2. The van der Waals surface area contributed by atoms with Crippen molar-refractivity contribution in [2.75, 3.05) is 19.1 Å². The van der Waals surface area contributed by atoms with Gasteiger partial charge in [0.1, 0.15) is 5.75 Å². The molecule has 0 saturated carbocycles. The lowest BCUT2D eigenvalue weighted by molar-refractivity contribution is 0.409. The highest BCUT2D eigenvalue weighted by molar-refractivity contribution is 9.11. The van der Waals surface area contributed by atoms with Crippen LogP contribution in [0, 0.1) is 0 Å². The van der Waals surface area contributed by atoms with Crippen LogP contribution in [0.1, 0.15) is 5.56 Å². The molecular formula is C11H12BrN3OS. The van der Waals surface area contributed by atoms with Gasteiger partial charge < -0.3 is 9.64 Å². The van der Waals surface area contributed by atoms with Gasteiger partial charge in [-0.15, -0.1) is 10.2 Å². The number of hydrogen-bond acceptors (Lipinski definition) is 5. The molecule has 1 aromatic heterocycles. The molecule has 1 aromatic carbocycles. The summed E-state index contributed by atoms with van der Waals surface area (Å²) in [5.74, 6) is 0.892. The Morgan fingerprint density at radius 3 is 2.76 bits per heavy atom. The zero-order chi connectivity index (χ0) is 12.3. The van der Waals surface area contributed by atoms with Crippen molar-refractivity contribution in [1.29, 1.82) is 0 Å². The Balaban J connectivity index is 2.15. The van der Waals surface area contributed by atoms with Crippen molar-refractivity contribution >= 4 is 32.4 Å². The number of halogens is 1. The second kappa shape index (κ2) is 5.46. The van der Waals surface area contributed by atoms with Gasteiger partial charge in [0.15, 0.2) is 3.92 Å². The molecule has 0 bridgehead atoms. The molecule has 0 amide bonds. The Kier molecular flexibility index (Phi) is 3.96. The molecule has 0 radical (unpaired) electrons. The molecule has 0 atom stereocenters. The zero-order valence-electron chi connectivity index (χ0n) is 9.55. The van der Waals surface area contributed by atoms with Gasteiger partial charge in [-0.1, -0.05) is 29.5 Å². The lowest BCUT2D eigenvalue weighted by Gasteiger charge is -2.16. The summed E-state index contributed by atoms with van der Waals surface area (Å²) >= 11 is 4.82. The van der Waals surface area contributed by atoms with Crippen LogP contribution in [-0.4, -0.2) is 24.4 Å². The van der Waals surface area contributed by atoms with Crippen LogP contribution in [0.15, 0.2) is 28.2 Å². The molecule has 17 heavy (non-hydrogen) atoms. The smallest absolute Gasteiger partial charge is 0.209 e. The van der Waals surface area contributed by atoms with Crippen molar-refractivity contribution in [3.8, 4) is 5.75 Å². The summed E-state index contributed by atoms with van der Waals surface area (Å²) in [4.78, 5) is 2.04. The van der Waals surface area contributed by atoms with Gasteiger partial charge >= 0.3 is 0 Å². The van der Waals surface area contributed by atoms with E-state index in [4.69, 9.17) is 4.74 Å². The molecule has 0 aliphatic rings. The van der Waals surface area contributed by atoms with Crippen LogP contribution >= 0.6 is 27.3 Å². The minimum Gasteiger partial charge on any atom is -0.496 e. The van der Waals surface area contributed by atoms with Crippen LogP contribution in [0.4, 0.5) is 5.13 Å². The van der Waals surface area contributed by atoms with Gasteiger partial charge in [-0.05, 0) is 22.0 Å². The average molecular weight is 314 g/mol. The summed E-state index contributed by atoms with van der Waals surface area (Å²) < 4.78 is 6.11. The normalized spacial score (nSPS) is 10.3. The number of ether oxygens (including phenoxy) is 1. The fourth-order valence-electron chi connectivity index (χ4n) is 1.51. The van der Waals surface area contributed by atoms with Gasteiger partial charge in [-0.25, -0.2) is 0 Å². The Morgan fingerprint density at radius 2 is 2.12 bits per heavy atom. The third-order valence-corrected chi connectivity index (χ3v) is 3.79. The highest BCUT2D eigenvalue weighted by atomic mass is 79.9. The van der Waals surface area contributed by atoms with E-state index in [1.54, 1.807) is 7.11 Å². The molecule has 0 aliphatic heterocycles. The van der Waals surface area contributed by atoms with Crippen molar-refractivity contribution in [2.24, 2.45) is 0 Å². The van der Waals surface area contributed by atoms with Crippen LogP contribution in [0.2, 0.25) is 0 Å². The van der Waals surface area contributed by atoms with Gasteiger partial charge in [0.25, 0.3) is 0 Å². The van der Waals surface area contributed by atoms with Crippen molar-refractivity contribution in [1.82, 2.24) is 10.2 Å². The van der Waals surface area contributed by atoms with Crippen LogP contribution in [0.5, 0.6) is 5.75 Å². The number of benzene rings is 1. The van der Waals surface area contributed by atoms with Crippen LogP contribution in [0.3, 0.4) is 0 Å². The van der Waals surface area contributed by atoms with Crippen LogP contribution < -0.4 is 9.64 Å². The minimum absolute atomic E-state index is 0.742. The third-order valence-electron chi connectivity index (χ3n) is 2.32. The predicted molar refractivity (Wildman–Crippen MR) is 72.7 cm³/mol. The molecule has 2 aromatic rings. The number of anilines is 1. The van der Waals surface area contributed by atoms with E-state index in [0.717, 1.165) is 26.9 Å². The molecule has 1 heterocycles. The Bertz CT molecular complexity index is 503. The molecule has 6 heteroatoms. The number of methoxy groups -OCH3 is 1. The fraction of sp³-hybridized carbons (Fsp3) is 0.273. The van der Waals surface area contributed by atoms with Gasteiger partial charge in [0, 0.05) is 19.2 Å². The average Bonchev–Trinajstić information content (AvgIpc) is 2.77. The summed E-state index contributed by atoms with van der Waals surface area (Å²) in [7, 11) is 3.67. The quantitative estimate of drug-likeness (QED) is 0.870. The van der Waals surface area contributed by atoms with E-state index in [0.29, 0.717) is 0 Å². The summed E-state index contributed by atoms with van der Waals surface area (Å²) in [6.07, 6.45) is 0. The SMILES string of the molecule is COc1ccccc1CN(C)c1nnc(Br)s1. The summed E-state index contributed by atoms with van der Waals surface area (Å²) in [5.41, 5.74) is 1.13. The second-order valence-electron chi connectivity index (χ2n) is 3.51. The lowest BCUT2D eigenvalue weighted by Crippen LogP contribution is -2.16. The summed E-state index contributed by atoms with van der Waals surface area (Å²) in [6, 6.07) is 7.97. The molecule has 90 valence electrons. The topological polar surface area (TPSA) is 38.2 Å². The largest absolute Gasteiger partial charge is 0.496 e. The molecule has 0 N–H and O–H groups in total. The zero-order valence-corrected chi connectivity index (χ0v) is 12.0. The minimum atomic E-state index is 0.742. The first-order valence-corrected chi connectivity index (χ1v) is 6.63. The summed E-state index contributed by atoms with van der Waals surface area (Å²) in [5, 5.41) is 8.89. The number of aromatic nitrogens is 2. The van der Waals surface area contributed by atoms with Gasteiger partial charge in [-0.3, -0.25) is 0 Å². The van der Waals surface area contributed by atoms with E-state index in [2.05, 4.69) is 26.1 Å². The third kappa shape index (κ3) is 2.95. The predicted octanol–water partition coefficient (Wildman–Crippen LogP) is 2.95. The number of para-hydroxylation sites is 1. The maximum atomic E-state index is 5.32. The van der Waals surface area contributed by atoms with Crippen molar-refractivity contribution in [3.05, 3.63) is 33.7 Å². The monoisotopic (exact) mass is 313 g/mol. The summed E-state index contributed by atoms with van der Waals surface area (Å²) in [6.45, 7) is 0.742. The van der Waals surface area contributed by atoms with Crippen molar-refractivity contribution < 1.29 is 4.74 Å². The van der Waals surface area contributed by atoms with E-state index < -0.39 is 0 Å². The van der Waals surface area contributed by atoms with Gasteiger partial charge in [0.05, 0.1) is 7.11 Å². The highest BCUT2D eigenvalue weighted by Crippen LogP contribution is 2.26. The molecule has 0 unspecified atom stereocenters. The Labute approximate surface area is 112 Å². The first-order valence-electron chi connectivity index (χ1n) is 5.02. The highest BCUT2D eigenvalue weighted by Gasteiger charge is 2.10. The molecule has 2 rings (SSSR count). The molecule has 4 nitrogen and oxygen atoms in total.